The van der Waals surface area contributed by atoms with Crippen LogP contribution < -0.4 is 45.3 Å². The van der Waals surface area contributed by atoms with Crippen LogP contribution >= 0.6 is 0 Å². The minimum Gasteiger partial charge on any atom is -0.458 e. The fraction of sp³-hybridized carbons (Fsp3) is 0.0714. The SMILES string of the molecule is [2H]c1c([2H])c([2H])c(-c2cccc(-c3c([2H])c([2H])c([2H])c([2H])c3[2H])c2N2CN(c3cccc(Oc4ccc5c6ccccc6n(-c6cc(C(C)(C)C)ccn6)c5c4)c3)c3cc(N4c5cccc6c5B5c7c(cccc7Oc7cccc4c75)O6)ccc32)c([2H])c1[2H]. The third-order valence-corrected chi connectivity index (χ3v) is 15.7. The van der Waals surface area contributed by atoms with E-state index in [9.17, 15) is 5.48 Å². The highest BCUT2D eigenvalue weighted by Gasteiger charge is 2.47. The van der Waals surface area contributed by atoms with Gasteiger partial charge in [-0.05, 0) is 130 Å². The Kier molecular flexibility index (Phi) is 7.89. The van der Waals surface area contributed by atoms with Crippen molar-refractivity contribution in [2.45, 2.75) is 26.2 Å². The van der Waals surface area contributed by atoms with Crippen LogP contribution in [0.2, 0.25) is 0 Å². The zero-order valence-electron chi connectivity index (χ0n) is 53.0. The van der Waals surface area contributed by atoms with Crippen molar-refractivity contribution < 1.29 is 27.9 Å². The molecule has 376 valence electrons. The smallest absolute Gasteiger partial charge is 0.266 e. The molecule has 10 aromatic carbocycles. The molecule has 79 heavy (non-hydrogen) atoms. The van der Waals surface area contributed by atoms with E-state index in [0.717, 1.165) is 89.6 Å². The summed E-state index contributed by atoms with van der Waals surface area (Å²) < 4.78 is 112. The van der Waals surface area contributed by atoms with Gasteiger partial charge in [-0.15, -0.1) is 0 Å². The standard InChI is InChI=1S/C70H50BN5O3/c1-70(2,3)46-37-38-72-65(39-46)76-55-26-11-10-23-53(55)54-35-34-50(42-59(54)76)77-49-22-12-21-47(40-49)73-43-74(69-51(44-17-6-4-7-18-44)24-13-25-52(69)45-19-8-5-9-20-45)56-36-33-48(41-60(56)73)75-57-27-14-29-61-66(57)71-67-58(75)28-15-30-62(67)79-64-32-16-31-63(78-61)68(64)71/h4-42H,43H2,1-3H3/i4D,5D,6D,7D,8D,9D,17D,18D,19D,20D. The van der Waals surface area contributed by atoms with Crippen LogP contribution in [0.3, 0.4) is 0 Å². The summed E-state index contributed by atoms with van der Waals surface area (Å²) in [6.45, 7) is 6.39. The molecule has 0 atom stereocenters. The highest BCUT2D eigenvalue weighted by Crippen LogP contribution is 2.53. The van der Waals surface area contributed by atoms with E-state index in [-0.39, 0.29) is 46.7 Å². The summed E-state index contributed by atoms with van der Waals surface area (Å²) >= 11 is 0. The van der Waals surface area contributed by atoms with Crippen molar-refractivity contribution >= 4 is 84.7 Å². The topological polar surface area (TPSA) is 55.2 Å². The number of hydrogen-bond acceptors (Lipinski definition) is 7. The van der Waals surface area contributed by atoms with Crippen molar-refractivity contribution in [3.8, 4) is 62.6 Å². The number of benzene rings is 10. The van der Waals surface area contributed by atoms with Gasteiger partial charge in [-0.2, -0.15) is 0 Å². The van der Waals surface area contributed by atoms with Gasteiger partial charge in [-0.1, -0.05) is 142 Å². The lowest BCUT2D eigenvalue weighted by atomic mass is 9.33. The van der Waals surface area contributed by atoms with E-state index in [2.05, 4.69) is 83.7 Å². The Hall–Kier alpha value is -9.99. The molecule has 0 unspecified atom stereocenters. The Morgan fingerprint density at radius 1 is 0.506 bits per heavy atom. The molecule has 0 amide bonds. The molecule has 12 aromatic rings. The van der Waals surface area contributed by atoms with Crippen LogP contribution in [-0.2, 0) is 5.41 Å². The zero-order valence-corrected chi connectivity index (χ0v) is 43.0. The minimum atomic E-state index is -0.573. The van der Waals surface area contributed by atoms with Gasteiger partial charge in [-0.25, -0.2) is 4.98 Å². The van der Waals surface area contributed by atoms with Gasteiger partial charge in [0.1, 0.15) is 47.0 Å². The molecule has 9 heteroatoms. The number of para-hydroxylation sites is 2. The number of anilines is 7. The van der Waals surface area contributed by atoms with Crippen molar-refractivity contribution in [1.29, 1.82) is 0 Å². The van der Waals surface area contributed by atoms with Crippen LogP contribution in [0.15, 0.2) is 236 Å². The van der Waals surface area contributed by atoms with Gasteiger partial charge in [0.05, 0.1) is 41.8 Å². The largest absolute Gasteiger partial charge is 0.458 e. The number of hydrogen-bond donors (Lipinski definition) is 0. The first kappa shape index (κ1) is 36.1. The molecule has 6 heterocycles. The van der Waals surface area contributed by atoms with Crippen molar-refractivity contribution in [3.05, 3.63) is 242 Å². The Morgan fingerprint density at radius 3 is 1.82 bits per heavy atom. The molecule has 0 bridgehead atoms. The molecule has 4 aliphatic rings. The molecule has 0 fully saturated rings. The number of fused-ring (bicyclic) bond motifs is 4. The highest BCUT2D eigenvalue weighted by atomic mass is 16.5. The Labute approximate surface area is 472 Å². The number of rotatable bonds is 8. The number of ether oxygens (including phenoxy) is 3. The summed E-state index contributed by atoms with van der Waals surface area (Å²) in [5.41, 5.74) is 10.8. The average molecular weight is 1030 g/mol. The van der Waals surface area contributed by atoms with Gasteiger partial charge < -0.3 is 28.9 Å². The molecule has 8 nitrogen and oxygen atoms in total. The second-order valence-electron chi connectivity index (χ2n) is 21.2. The van der Waals surface area contributed by atoms with E-state index in [4.69, 9.17) is 27.4 Å². The third-order valence-electron chi connectivity index (χ3n) is 15.7. The molecular formula is C70H50BN5O3. The predicted molar refractivity (Wildman–Crippen MR) is 323 cm³/mol. The quantitative estimate of drug-likeness (QED) is 0.141. The molecular weight excluding hydrogens is 970 g/mol. The van der Waals surface area contributed by atoms with Crippen molar-refractivity contribution in [1.82, 2.24) is 9.55 Å². The second-order valence-corrected chi connectivity index (χ2v) is 21.2. The average Bonchev–Trinajstić information content (AvgIpc) is 0.879. The molecule has 4 aliphatic heterocycles. The first-order valence-electron chi connectivity index (χ1n) is 31.2. The highest BCUT2D eigenvalue weighted by molar-refractivity contribution is 7.00. The van der Waals surface area contributed by atoms with Gasteiger partial charge in [-0.3, -0.25) is 4.57 Å². The van der Waals surface area contributed by atoms with Crippen LogP contribution in [0.1, 0.15) is 40.0 Å². The lowest BCUT2D eigenvalue weighted by Gasteiger charge is -2.42. The molecule has 16 rings (SSSR count). The van der Waals surface area contributed by atoms with Crippen LogP contribution in [0, 0.1) is 0 Å². The van der Waals surface area contributed by atoms with Gasteiger partial charge in [0.25, 0.3) is 6.71 Å². The van der Waals surface area contributed by atoms with Gasteiger partial charge in [0.2, 0.25) is 0 Å². The van der Waals surface area contributed by atoms with Crippen molar-refractivity contribution in [2.24, 2.45) is 0 Å². The number of nitrogens with zero attached hydrogens (tertiary/aromatic N) is 5. The molecule has 0 saturated carbocycles. The lowest BCUT2D eigenvalue weighted by Crippen LogP contribution is -2.61. The van der Waals surface area contributed by atoms with E-state index in [1.807, 2.05) is 114 Å². The summed E-state index contributed by atoms with van der Waals surface area (Å²) in [6, 6.07) is 50.0. The van der Waals surface area contributed by atoms with Crippen molar-refractivity contribution in [2.75, 3.05) is 21.4 Å². The maximum atomic E-state index is 9.35. The second kappa shape index (κ2) is 17.3. The van der Waals surface area contributed by atoms with E-state index in [1.54, 1.807) is 18.2 Å². The molecule has 0 spiro atoms. The first-order valence-corrected chi connectivity index (χ1v) is 26.2. The molecule has 0 aliphatic carbocycles. The van der Waals surface area contributed by atoms with Gasteiger partial charge in [0.15, 0.2) is 0 Å². The molecule has 2 aromatic heterocycles. The normalized spacial score (nSPS) is 15.3. The summed E-state index contributed by atoms with van der Waals surface area (Å²) in [5, 5.41) is 2.11. The van der Waals surface area contributed by atoms with Gasteiger partial charge in [0, 0.05) is 68.4 Å². The van der Waals surface area contributed by atoms with Crippen LogP contribution in [0.25, 0.3) is 49.9 Å². The van der Waals surface area contributed by atoms with Crippen molar-refractivity contribution in [3.63, 3.8) is 0 Å². The summed E-state index contributed by atoms with van der Waals surface area (Å²) in [6.07, 6.45) is 1.86. The number of aromatic nitrogens is 2. The van der Waals surface area contributed by atoms with E-state index >= 15 is 0 Å². The zero-order chi connectivity index (χ0) is 61.2. The Morgan fingerprint density at radius 2 is 1.13 bits per heavy atom. The van der Waals surface area contributed by atoms with Crippen LogP contribution in [-0.4, -0.2) is 22.9 Å². The van der Waals surface area contributed by atoms with E-state index < -0.39 is 60.4 Å². The summed E-state index contributed by atoms with van der Waals surface area (Å²) in [4.78, 5) is 11.1. The van der Waals surface area contributed by atoms with E-state index in [0.29, 0.717) is 28.6 Å². The van der Waals surface area contributed by atoms with Gasteiger partial charge >= 0.3 is 0 Å². The Balaban J connectivity index is 0.895. The lowest BCUT2D eigenvalue weighted by molar-refractivity contribution is 0.464. The monoisotopic (exact) mass is 1030 g/mol. The molecule has 0 saturated heterocycles. The fourth-order valence-electron chi connectivity index (χ4n) is 12.2. The fourth-order valence-corrected chi connectivity index (χ4v) is 12.2. The maximum absolute atomic E-state index is 9.35. The summed E-state index contributed by atoms with van der Waals surface area (Å²) in [5.74, 6) is 4.81. The minimum absolute atomic E-state index is 0.0149. The van der Waals surface area contributed by atoms with Crippen LogP contribution in [0.4, 0.5) is 39.8 Å². The van der Waals surface area contributed by atoms with E-state index in [1.165, 1.54) is 0 Å². The predicted octanol–water partition coefficient (Wildman–Crippen LogP) is 16.4. The maximum Gasteiger partial charge on any atom is 0.266 e. The first-order chi connectivity index (χ1) is 42.9. The molecule has 0 radical (unpaired) electrons. The Bertz CT molecular complexity index is 4890. The van der Waals surface area contributed by atoms with Crippen LogP contribution in [0.5, 0.6) is 34.5 Å². The third kappa shape index (κ3) is 7.05. The summed E-state index contributed by atoms with van der Waals surface area (Å²) in [7, 11) is 0. The molecule has 0 N–H and O–H groups in total. The number of pyridine rings is 1.